The van der Waals surface area contributed by atoms with E-state index in [2.05, 4.69) is 25.7 Å². The van der Waals surface area contributed by atoms with Gasteiger partial charge in [0.15, 0.2) is 5.65 Å². The Morgan fingerprint density at radius 3 is 2.96 bits per heavy atom. The van der Waals surface area contributed by atoms with E-state index in [9.17, 15) is 9.59 Å². The lowest BCUT2D eigenvalue weighted by Crippen LogP contribution is -2.52. The lowest BCUT2D eigenvalue weighted by molar-refractivity contribution is -0.120. The zero-order chi connectivity index (χ0) is 18.4. The summed E-state index contributed by atoms with van der Waals surface area (Å²) in [5.74, 6) is -0.341. The summed E-state index contributed by atoms with van der Waals surface area (Å²) >= 11 is 0. The van der Waals surface area contributed by atoms with E-state index in [-0.39, 0.29) is 18.4 Å². The molecule has 4 heterocycles. The van der Waals surface area contributed by atoms with Gasteiger partial charge in [-0.15, -0.1) is 5.10 Å². The van der Waals surface area contributed by atoms with Crippen molar-refractivity contribution in [2.75, 3.05) is 24.5 Å². The van der Waals surface area contributed by atoms with Gasteiger partial charge < -0.3 is 9.80 Å². The number of hydrogen-bond acceptors (Lipinski definition) is 6. The Labute approximate surface area is 152 Å². The molecule has 0 saturated carbocycles. The first-order chi connectivity index (χ1) is 13.2. The van der Waals surface area contributed by atoms with E-state index in [1.807, 2.05) is 18.2 Å². The molecule has 0 bridgehead atoms. The number of fused-ring (bicyclic) bond motifs is 2. The normalized spacial score (nSPS) is 15.0. The summed E-state index contributed by atoms with van der Waals surface area (Å²) in [6.45, 7) is 0.901. The number of piperazine rings is 1. The zero-order valence-corrected chi connectivity index (χ0v) is 14.1. The van der Waals surface area contributed by atoms with Crippen molar-refractivity contribution in [2.45, 2.75) is 0 Å². The Balaban J connectivity index is 1.35. The fourth-order valence-electron chi connectivity index (χ4n) is 3.27. The van der Waals surface area contributed by atoms with E-state index >= 15 is 0 Å². The molecule has 1 saturated heterocycles. The van der Waals surface area contributed by atoms with Gasteiger partial charge in [0.2, 0.25) is 5.91 Å². The molecule has 0 aliphatic carbocycles. The lowest BCUT2D eigenvalue weighted by atomic mass is 10.1. The van der Waals surface area contributed by atoms with Crippen LogP contribution in [-0.2, 0) is 4.79 Å². The number of carbonyl (C=O) groups is 2. The van der Waals surface area contributed by atoms with Gasteiger partial charge in [-0.2, -0.15) is 9.61 Å². The summed E-state index contributed by atoms with van der Waals surface area (Å²) < 4.78 is 1.44. The Morgan fingerprint density at radius 2 is 2.07 bits per heavy atom. The molecule has 3 aromatic heterocycles. The van der Waals surface area contributed by atoms with Gasteiger partial charge in [-0.05, 0) is 40.8 Å². The van der Waals surface area contributed by atoms with Gasteiger partial charge in [-0.3, -0.25) is 14.7 Å². The molecule has 0 radical (unpaired) electrons. The van der Waals surface area contributed by atoms with Gasteiger partial charge in [0.25, 0.3) is 5.91 Å². The second-order valence-electron chi connectivity index (χ2n) is 6.31. The largest absolute Gasteiger partial charge is 0.327 e. The van der Waals surface area contributed by atoms with Crippen molar-refractivity contribution in [1.29, 1.82) is 0 Å². The average Bonchev–Trinajstić information content (AvgIpc) is 3.35. The molecule has 10 heteroatoms. The molecule has 1 aromatic carbocycles. The van der Waals surface area contributed by atoms with Gasteiger partial charge >= 0.3 is 0 Å². The predicted molar refractivity (Wildman–Crippen MR) is 95.1 cm³/mol. The average molecular weight is 362 g/mol. The van der Waals surface area contributed by atoms with E-state index in [4.69, 9.17) is 0 Å². The molecule has 5 rings (SSSR count). The molecule has 2 amide bonds. The third-order valence-electron chi connectivity index (χ3n) is 4.68. The van der Waals surface area contributed by atoms with E-state index in [1.54, 1.807) is 34.3 Å². The number of carbonyl (C=O) groups excluding carboxylic acids is 2. The van der Waals surface area contributed by atoms with Crippen LogP contribution in [0.25, 0.3) is 16.6 Å². The second kappa shape index (κ2) is 5.87. The summed E-state index contributed by atoms with van der Waals surface area (Å²) in [4.78, 5) is 28.6. The molecular formula is C17H14N8O2. The summed E-state index contributed by atoms with van der Waals surface area (Å²) in [6.07, 6.45) is 3.29. The van der Waals surface area contributed by atoms with Crippen LogP contribution >= 0.6 is 0 Å². The minimum Gasteiger partial charge on any atom is -0.327 e. The SMILES string of the molecule is O=C(c1ccc2nnnn2c1)N1CCN(c2ccc3[nH]ncc3c2)C(=O)C1. The summed E-state index contributed by atoms with van der Waals surface area (Å²) in [5.41, 5.74) is 2.71. The highest BCUT2D eigenvalue weighted by Gasteiger charge is 2.29. The first-order valence-corrected chi connectivity index (χ1v) is 8.39. The zero-order valence-electron chi connectivity index (χ0n) is 14.1. The quantitative estimate of drug-likeness (QED) is 0.555. The van der Waals surface area contributed by atoms with Crippen LogP contribution in [0, 0.1) is 0 Å². The van der Waals surface area contributed by atoms with Crippen molar-refractivity contribution < 1.29 is 9.59 Å². The highest BCUT2D eigenvalue weighted by molar-refractivity contribution is 6.02. The number of hydrogen-bond donors (Lipinski definition) is 1. The summed E-state index contributed by atoms with van der Waals surface area (Å²) in [5, 5.41) is 19.0. The van der Waals surface area contributed by atoms with Crippen molar-refractivity contribution in [2.24, 2.45) is 0 Å². The molecule has 4 aromatic rings. The van der Waals surface area contributed by atoms with Crippen LogP contribution < -0.4 is 4.90 Å². The number of anilines is 1. The predicted octanol–water partition coefficient (Wildman–Crippen LogP) is 0.490. The van der Waals surface area contributed by atoms with Crippen LogP contribution in [0.5, 0.6) is 0 Å². The number of nitrogens with zero attached hydrogens (tertiary/aromatic N) is 7. The highest BCUT2D eigenvalue weighted by Crippen LogP contribution is 2.23. The van der Waals surface area contributed by atoms with Crippen LogP contribution in [0.4, 0.5) is 5.69 Å². The lowest BCUT2D eigenvalue weighted by Gasteiger charge is -2.34. The molecule has 0 atom stereocenters. The number of nitrogens with one attached hydrogen (secondary N) is 1. The standard InChI is InChI=1S/C17H14N8O2/c26-16-10-23(17(27)11-1-4-15-20-21-22-25(15)9-11)5-6-24(16)13-2-3-14-12(7-13)8-18-19-14/h1-4,7-9H,5-6,10H2,(H,18,19). The molecule has 0 spiro atoms. The second-order valence-corrected chi connectivity index (χ2v) is 6.31. The maximum Gasteiger partial charge on any atom is 0.255 e. The number of rotatable bonds is 2. The third-order valence-corrected chi connectivity index (χ3v) is 4.68. The van der Waals surface area contributed by atoms with E-state index < -0.39 is 0 Å². The van der Waals surface area contributed by atoms with E-state index in [1.165, 1.54) is 4.52 Å². The van der Waals surface area contributed by atoms with Crippen molar-refractivity contribution in [1.82, 2.24) is 35.1 Å². The number of pyridine rings is 1. The van der Waals surface area contributed by atoms with E-state index in [0.29, 0.717) is 24.3 Å². The molecule has 1 aliphatic rings. The number of aromatic nitrogens is 6. The Morgan fingerprint density at radius 1 is 1.15 bits per heavy atom. The highest BCUT2D eigenvalue weighted by atomic mass is 16.2. The van der Waals surface area contributed by atoms with Crippen LogP contribution in [-0.4, -0.2) is 66.6 Å². The fraction of sp³-hybridized carbons (Fsp3) is 0.176. The van der Waals surface area contributed by atoms with Crippen molar-refractivity contribution in [3.8, 4) is 0 Å². The molecule has 27 heavy (non-hydrogen) atoms. The molecule has 1 aliphatic heterocycles. The molecule has 10 nitrogen and oxygen atoms in total. The van der Waals surface area contributed by atoms with Gasteiger partial charge in [-0.25, -0.2) is 0 Å². The molecular weight excluding hydrogens is 348 g/mol. The van der Waals surface area contributed by atoms with Crippen LogP contribution in [0.1, 0.15) is 10.4 Å². The Kier molecular flexibility index (Phi) is 3.35. The summed E-state index contributed by atoms with van der Waals surface area (Å²) in [7, 11) is 0. The maximum absolute atomic E-state index is 12.8. The molecule has 1 fully saturated rings. The first kappa shape index (κ1) is 15.4. The minimum atomic E-state index is -0.217. The first-order valence-electron chi connectivity index (χ1n) is 8.39. The van der Waals surface area contributed by atoms with Crippen molar-refractivity contribution in [3.63, 3.8) is 0 Å². The maximum atomic E-state index is 12.8. The third kappa shape index (κ3) is 2.58. The van der Waals surface area contributed by atoms with E-state index in [0.717, 1.165) is 16.6 Å². The van der Waals surface area contributed by atoms with Crippen LogP contribution in [0.2, 0.25) is 0 Å². The minimum absolute atomic E-state index is 0.0237. The monoisotopic (exact) mass is 362 g/mol. The summed E-state index contributed by atoms with van der Waals surface area (Å²) in [6, 6.07) is 9.02. The smallest absolute Gasteiger partial charge is 0.255 e. The topological polar surface area (TPSA) is 112 Å². The Hall–Kier alpha value is -3.82. The number of H-pyrrole nitrogens is 1. The number of benzene rings is 1. The van der Waals surface area contributed by atoms with Crippen LogP contribution in [0.3, 0.4) is 0 Å². The van der Waals surface area contributed by atoms with Crippen molar-refractivity contribution >= 4 is 34.1 Å². The molecule has 1 N–H and O–H groups in total. The molecule has 0 unspecified atom stereocenters. The number of tetrazole rings is 1. The molecule has 134 valence electrons. The van der Waals surface area contributed by atoms with Gasteiger partial charge in [0.05, 0.1) is 17.3 Å². The van der Waals surface area contributed by atoms with Crippen molar-refractivity contribution in [3.05, 3.63) is 48.3 Å². The van der Waals surface area contributed by atoms with Gasteiger partial charge in [0, 0.05) is 30.4 Å². The fourth-order valence-corrected chi connectivity index (χ4v) is 3.27. The van der Waals surface area contributed by atoms with Gasteiger partial charge in [-0.1, -0.05) is 0 Å². The number of amides is 2. The number of aromatic amines is 1. The Bertz CT molecular complexity index is 1180. The van der Waals surface area contributed by atoms with Gasteiger partial charge in [0.1, 0.15) is 6.54 Å². The van der Waals surface area contributed by atoms with Crippen LogP contribution in [0.15, 0.2) is 42.7 Å².